The summed E-state index contributed by atoms with van der Waals surface area (Å²) < 4.78 is 26.8. The van der Waals surface area contributed by atoms with Gasteiger partial charge in [-0.15, -0.1) is 0 Å². The van der Waals surface area contributed by atoms with E-state index < -0.39 is 17.7 Å². The van der Waals surface area contributed by atoms with Gasteiger partial charge in [-0.3, -0.25) is 0 Å². The summed E-state index contributed by atoms with van der Waals surface area (Å²) in [5, 5.41) is 0. The average molecular weight is 268 g/mol. The maximum Gasteiger partial charge on any atom is 0.163 e. The number of halogens is 2. The zero-order chi connectivity index (χ0) is 13.8. The number of nitrogens with two attached hydrogens (primary N) is 1. The van der Waals surface area contributed by atoms with Crippen LogP contribution in [0.25, 0.3) is 0 Å². The molecule has 1 saturated heterocycles. The van der Waals surface area contributed by atoms with Gasteiger partial charge in [-0.2, -0.15) is 0 Å². The van der Waals surface area contributed by atoms with Crippen LogP contribution in [0.5, 0.6) is 0 Å². The van der Waals surface area contributed by atoms with E-state index in [0.29, 0.717) is 6.54 Å². The summed E-state index contributed by atoms with van der Waals surface area (Å²) in [6.45, 7) is 4.82. The summed E-state index contributed by atoms with van der Waals surface area (Å²) >= 11 is 0. The number of hydrogen-bond donors (Lipinski definition) is 1. The Labute approximate surface area is 113 Å². The molecule has 1 heterocycles. The first-order chi connectivity index (χ1) is 9.11. The Bertz CT molecular complexity index is 415. The monoisotopic (exact) mass is 268 g/mol. The van der Waals surface area contributed by atoms with Crippen molar-refractivity contribution in [3.8, 4) is 0 Å². The smallest absolute Gasteiger partial charge is 0.163 e. The van der Waals surface area contributed by atoms with Gasteiger partial charge in [0, 0.05) is 18.2 Å². The SMILES string of the molecule is CCC1CCN(CC(N)c2cccc(F)c2F)CC1. The second kappa shape index (κ2) is 6.44. The van der Waals surface area contributed by atoms with Gasteiger partial charge in [-0.25, -0.2) is 8.78 Å². The van der Waals surface area contributed by atoms with E-state index in [1.54, 1.807) is 6.07 Å². The van der Waals surface area contributed by atoms with E-state index in [2.05, 4.69) is 11.8 Å². The molecule has 0 spiro atoms. The first-order valence-electron chi connectivity index (χ1n) is 7.03. The minimum absolute atomic E-state index is 0.276. The van der Waals surface area contributed by atoms with Crippen LogP contribution in [-0.4, -0.2) is 24.5 Å². The third-order valence-electron chi connectivity index (χ3n) is 4.12. The Hall–Kier alpha value is -1.00. The molecular formula is C15H22F2N2. The molecule has 1 aliphatic rings. The minimum atomic E-state index is -0.822. The molecule has 1 aliphatic heterocycles. The first kappa shape index (κ1) is 14.4. The topological polar surface area (TPSA) is 29.3 Å². The van der Waals surface area contributed by atoms with Crippen LogP contribution in [0.3, 0.4) is 0 Å². The van der Waals surface area contributed by atoms with Crippen molar-refractivity contribution in [2.75, 3.05) is 19.6 Å². The molecule has 2 N–H and O–H groups in total. The predicted molar refractivity (Wildman–Crippen MR) is 72.7 cm³/mol. The maximum atomic E-state index is 13.6. The molecule has 1 atom stereocenters. The van der Waals surface area contributed by atoms with Crippen LogP contribution < -0.4 is 5.73 Å². The van der Waals surface area contributed by atoms with Crippen LogP contribution in [0.1, 0.15) is 37.8 Å². The molecule has 19 heavy (non-hydrogen) atoms. The molecule has 0 bridgehead atoms. The third-order valence-corrected chi connectivity index (χ3v) is 4.12. The molecule has 0 aromatic heterocycles. The molecule has 4 heteroatoms. The summed E-state index contributed by atoms with van der Waals surface area (Å²) in [4.78, 5) is 2.25. The summed E-state index contributed by atoms with van der Waals surface area (Å²) in [6.07, 6.45) is 3.57. The Balaban J connectivity index is 1.94. The predicted octanol–water partition coefficient (Wildman–Crippen LogP) is 3.09. The van der Waals surface area contributed by atoms with Crippen LogP contribution in [0.2, 0.25) is 0 Å². The number of likely N-dealkylation sites (tertiary alicyclic amines) is 1. The highest BCUT2D eigenvalue weighted by atomic mass is 19.2. The molecule has 0 aliphatic carbocycles. The van der Waals surface area contributed by atoms with E-state index in [-0.39, 0.29) is 5.56 Å². The lowest BCUT2D eigenvalue weighted by molar-refractivity contribution is 0.172. The summed E-state index contributed by atoms with van der Waals surface area (Å²) in [7, 11) is 0. The summed E-state index contributed by atoms with van der Waals surface area (Å²) in [5.41, 5.74) is 6.29. The highest BCUT2D eigenvalue weighted by molar-refractivity contribution is 5.22. The van der Waals surface area contributed by atoms with Gasteiger partial charge in [-0.1, -0.05) is 25.5 Å². The van der Waals surface area contributed by atoms with E-state index in [1.165, 1.54) is 25.3 Å². The van der Waals surface area contributed by atoms with Crippen molar-refractivity contribution in [1.82, 2.24) is 4.90 Å². The standard InChI is InChI=1S/C15H22F2N2/c1-2-11-6-8-19(9-7-11)10-14(18)12-4-3-5-13(16)15(12)17/h3-5,11,14H,2,6-10,18H2,1H3. The molecule has 1 fully saturated rings. The Kier molecular flexibility index (Phi) is 4.88. The number of hydrogen-bond acceptors (Lipinski definition) is 2. The number of benzene rings is 1. The van der Waals surface area contributed by atoms with Crippen LogP contribution in [-0.2, 0) is 0 Å². The summed E-state index contributed by atoms with van der Waals surface area (Å²) in [5.74, 6) is -0.825. The fourth-order valence-electron chi connectivity index (χ4n) is 2.76. The molecule has 0 amide bonds. The number of rotatable bonds is 4. The van der Waals surface area contributed by atoms with E-state index in [4.69, 9.17) is 5.73 Å². The van der Waals surface area contributed by atoms with Gasteiger partial charge in [-0.05, 0) is 37.9 Å². The van der Waals surface area contributed by atoms with Crippen LogP contribution in [0.15, 0.2) is 18.2 Å². The molecule has 1 aromatic rings. The minimum Gasteiger partial charge on any atom is -0.323 e. The highest BCUT2D eigenvalue weighted by Gasteiger charge is 2.21. The fraction of sp³-hybridized carbons (Fsp3) is 0.600. The Morgan fingerprint density at radius 3 is 2.63 bits per heavy atom. The first-order valence-corrected chi connectivity index (χ1v) is 7.03. The van der Waals surface area contributed by atoms with E-state index in [1.807, 2.05) is 0 Å². The Morgan fingerprint density at radius 2 is 2.00 bits per heavy atom. The van der Waals surface area contributed by atoms with E-state index in [9.17, 15) is 8.78 Å². The van der Waals surface area contributed by atoms with Gasteiger partial charge < -0.3 is 10.6 Å². The van der Waals surface area contributed by atoms with Crippen LogP contribution in [0.4, 0.5) is 8.78 Å². The molecule has 2 rings (SSSR count). The van der Waals surface area contributed by atoms with Crippen molar-refractivity contribution >= 4 is 0 Å². The van der Waals surface area contributed by atoms with Gasteiger partial charge >= 0.3 is 0 Å². The van der Waals surface area contributed by atoms with Crippen LogP contribution >= 0.6 is 0 Å². The number of piperidine rings is 1. The van der Waals surface area contributed by atoms with Crippen molar-refractivity contribution < 1.29 is 8.78 Å². The second-order valence-corrected chi connectivity index (χ2v) is 5.40. The quantitative estimate of drug-likeness (QED) is 0.909. The third kappa shape index (κ3) is 3.51. The number of nitrogens with zero attached hydrogens (tertiary/aromatic N) is 1. The maximum absolute atomic E-state index is 13.6. The molecule has 2 nitrogen and oxygen atoms in total. The zero-order valence-corrected chi connectivity index (χ0v) is 11.4. The highest BCUT2D eigenvalue weighted by Crippen LogP contribution is 2.23. The van der Waals surface area contributed by atoms with E-state index >= 15 is 0 Å². The van der Waals surface area contributed by atoms with Gasteiger partial charge in [0.2, 0.25) is 0 Å². The van der Waals surface area contributed by atoms with E-state index in [0.717, 1.165) is 25.1 Å². The molecular weight excluding hydrogens is 246 g/mol. The van der Waals surface area contributed by atoms with Crippen LogP contribution in [0, 0.1) is 17.6 Å². The zero-order valence-electron chi connectivity index (χ0n) is 11.4. The lowest BCUT2D eigenvalue weighted by Gasteiger charge is -2.33. The molecule has 1 unspecified atom stereocenters. The second-order valence-electron chi connectivity index (χ2n) is 5.40. The Morgan fingerprint density at radius 1 is 1.32 bits per heavy atom. The molecule has 0 radical (unpaired) electrons. The van der Waals surface area contributed by atoms with Crippen molar-refractivity contribution in [1.29, 1.82) is 0 Å². The largest absolute Gasteiger partial charge is 0.323 e. The molecule has 106 valence electrons. The average Bonchev–Trinajstić information content (AvgIpc) is 2.42. The van der Waals surface area contributed by atoms with Gasteiger partial charge in [0.05, 0.1) is 0 Å². The van der Waals surface area contributed by atoms with Crippen molar-refractivity contribution in [2.24, 2.45) is 11.7 Å². The van der Waals surface area contributed by atoms with Crippen molar-refractivity contribution in [3.63, 3.8) is 0 Å². The van der Waals surface area contributed by atoms with Crippen molar-refractivity contribution in [3.05, 3.63) is 35.4 Å². The van der Waals surface area contributed by atoms with Gasteiger partial charge in [0.1, 0.15) is 0 Å². The lowest BCUT2D eigenvalue weighted by Crippen LogP contribution is -2.38. The normalized spacial score (nSPS) is 19.6. The summed E-state index contributed by atoms with van der Waals surface area (Å²) in [6, 6.07) is 3.74. The van der Waals surface area contributed by atoms with Gasteiger partial charge in [0.25, 0.3) is 0 Å². The fourth-order valence-corrected chi connectivity index (χ4v) is 2.76. The van der Waals surface area contributed by atoms with Gasteiger partial charge in [0.15, 0.2) is 11.6 Å². The lowest BCUT2D eigenvalue weighted by atomic mass is 9.94. The molecule has 1 aromatic carbocycles. The molecule has 0 saturated carbocycles. The van der Waals surface area contributed by atoms with Crippen molar-refractivity contribution in [2.45, 2.75) is 32.2 Å².